The highest BCUT2D eigenvalue weighted by molar-refractivity contribution is 5.91. The molecule has 0 bridgehead atoms. The molecular formula is C20H23NO4. The number of methoxy groups -OCH3 is 3. The van der Waals surface area contributed by atoms with Gasteiger partial charge in [-0.1, -0.05) is 12.1 Å². The van der Waals surface area contributed by atoms with Gasteiger partial charge in [0.1, 0.15) is 17.2 Å². The van der Waals surface area contributed by atoms with Crippen molar-refractivity contribution in [2.75, 3.05) is 28.4 Å². The van der Waals surface area contributed by atoms with E-state index in [4.69, 9.17) is 14.2 Å². The monoisotopic (exact) mass is 341 g/mol. The van der Waals surface area contributed by atoms with Crippen LogP contribution in [-0.2, 0) is 11.3 Å². The van der Waals surface area contributed by atoms with Gasteiger partial charge in [0.2, 0.25) is 5.91 Å². The van der Waals surface area contributed by atoms with Crippen molar-refractivity contribution in [1.82, 2.24) is 4.90 Å². The Morgan fingerprint density at radius 3 is 2.40 bits per heavy atom. The summed E-state index contributed by atoms with van der Waals surface area (Å²) in [5.41, 5.74) is 1.82. The summed E-state index contributed by atoms with van der Waals surface area (Å²) in [7, 11) is 6.57. The van der Waals surface area contributed by atoms with Crippen LogP contribution in [0.2, 0.25) is 0 Å². The van der Waals surface area contributed by atoms with Gasteiger partial charge in [-0.15, -0.1) is 0 Å². The molecule has 0 aliphatic heterocycles. The van der Waals surface area contributed by atoms with E-state index < -0.39 is 0 Å². The summed E-state index contributed by atoms with van der Waals surface area (Å²) in [6.07, 6.45) is 3.32. The third kappa shape index (κ3) is 5.01. The zero-order valence-corrected chi connectivity index (χ0v) is 15.0. The number of amides is 1. The molecule has 25 heavy (non-hydrogen) atoms. The van der Waals surface area contributed by atoms with Gasteiger partial charge < -0.3 is 19.1 Å². The van der Waals surface area contributed by atoms with Crippen LogP contribution in [0.3, 0.4) is 0 Å². The number of benzene rings is 2. The Morgan fingerprint density at radius 1 is 1.00 bits per heavy atom. The van der Waals surface area contributed by atoms with Crippen LogP contribution in [0.5, 0.6) is 17.2 Å². The average Bonchev–Trinajstić information content (AvgIpc) is 2.66. The van der Waals surface area contributed by atoms with Gasteiger partial charge >= 0.3 is 0 Å². The minimum Gasteiger partial charge on any atom is -0.497 e. The second kappa shape index (κ2) is 8.78. The molecule has 0 atom stereocenters. The number of carbonyl (C=O) groups excluding carboxylic acids is 1. The molecule has 2 aromatic rings. The minimum atomic E-state index is -0.0966. The smallest absolute Gasteiger partial charge is 0.246 e. The molecule has 0 aliphatic carbocycles. The Hall–Kier alpha value is -2.95. The van der Waals surface area contributed by atoms with E-state index in [9.17, 15) is 4.79 Å². The Kier molecular flexibility index (Phi) is 6.46. The molecule has 0 N–H and O–H groups in total. The lowest BCUT2D eigenvalue weighted by Gasteiger charge is -2.17. The second-order valence-corrected chi connectivity index (χ2v) is 5.48. The largest absolute Gasteiger partial charge is 0.497 e. The quantitative estimate of drug-likeness (QED) is 0.725. The van der Waals surface area contributed by atoms with E-state index in [-0.39, 0.29) is 5.91 Å². The van der Waals surface area contributed by atoms with Gasteiger partial charge in [0.15, 0.2) is 0 Å². The molecule has 0 spiro atoms. The first-order valence-corrected chi connectivity index (χ1v) is 7.85. The predicted molar refractivity (Wildman–Crippen MR) is 98.0 cm³/mol. The third-order valence-corrected chi connectivity index (χ3v) is 3.79. The summed E-state index contributed by atoms with van der Waals surface area (Å²) >= 11 is 0. The molecule has 0 fully saturated rings. The molecule has 5 nitrogen and oxygen atoms in total. The molecule has 2 rings (SSSR count). The molecule has 0 aromatic heterocycles. The highest BCUT2D eigenvalue weighted by Gasteiger charge is 2.11. The van der Waals surface area contributed by atoms with Crippen molar-refractivity contribution in [3.8, 4) is 17.2 Å². The number of carbonyl (C=O) groups is 1. The fraction of sp³-hybridized carbons (Fsp3) is 0.250. The van der Waals surface area contributed by atoms with Gasteiger partial charge in [0, 0.05) is 31.3 Å². The number of nitrogens with zero attached hydrogens (tertiary/aromatic N) is 1. The van der Waals surface area contributed by atoms with Crippen molar-refractivity contribution in [3.63, 3.8) is 0 Å². The van der Waals surface area contributed by atoms with Crippen LogP contribution >= 0.6 is 0 Å². The maximum Gasteiger partial charge on any atom is 0.246 e. The molecule has 2 aromatic carbocycles. The first-order valence-electron chi connectivity index (χ1n) is 7.85. The van der Waals surface area contributed by atoms with Crippen molar-refractivity contribution in [3.05, 3.63) is 59.7 Å². The van der Waals surface area contributed by atoms with Gasteiger partial charge in [-0.05, 0) is 35.9 Å². The van der Waals surface area contributed by atoms with Crippen LogP contribution in [0.25, 0.3) is 6.08 Å². The van der Waals surface area contributed by atoms with E-state index in [0.29, 0.717) is 18.0 Å². The average molecular weight is 341 g/mol. The van der Waals surface area contributed by atoms with Gasteiger partial charge in [0.25, 0.3) is 0 Å². The molecule has 0 heterocycles. The Morgan fingerprint density at radius 2 is 1.72 bits per heavy atom. The Bertz CT molecular complexity index is 755. The molecule has 0 saturated carbocycles. The topological polar surface area (TPSA) is 48.0 Å². The molecule has 132 valence electrons. The van der Waals surface area contributed by atoms with Gasteiger partial charge in [-0.3, -0.25) is 4.79 Å². The zero-order valence-electron chi connectivity index (χ0n) is 15.0. The van der Waals surface area contributed by atoms with Crippen molar-refractivity contribution in [2.24, 2.45) is 0 Å². The summed E-state index contributed by atoms with van der Waals surface area (Å²) in [6, 6.07) is 13.1. The van der Waals surface area contributed by atoms with Crippen molar-refractivity contribution in [2.45, 2.75) is 6.54 Å². The highest BCUT2D eigenvalue weighted by atomic mass is 16.5. The maximum atomic E-state index is 12.3. The van der Waals surface area contributed by atoms with Crippen molar-refractivity contribution < 1.29 is 19.0 Å². The van der Waals surface area contributed by atoms with Crippen LogP contribution in [0.15, 0.2) is 48.5 Å². The zero-order chi connectivity index (χ0) is 18.2. The number of likely N-dealkylation sites (N-methyl/N-ethyl adjacent to an activating group) is 1. The normalized spacial score (nSPS) is 10.6. The standard InChI is InChI=1S/C20H23NO4/c1-21(14-16-9-10-18(24-3)13-19(16)25-4)20(22)11-8-15-6-5-7-17(12-15)23-2/h5-13H,14H2,1-4H3/b11-8+. The molecule has 0 saturated heterocycles. The van der Waals surface area contributed by atoms with E-state index in [2.05, 4.69) is 0 Å². The summed E-state index contributed by atoms with van der Waals surface area (Å²) in [5.74, 6) is 2.06. The fourth-order valence-corrected chi connectivity index (χ4v) is 2.36. The van der Waals surface area contributed by atoms with Gasteiger partial charge in [0.05, 0.1) is 21.3 Å². The van der Waals surface area contributed by atoms with Crippen LogP contribution in [0.1, 0.15) is 11.1 Å². The molecular weight excluding hydrogens is 318 g/mol. The highest BCUT2D eigenvalue weighted by Crippen LogP contribution is 2.25. The van der Waals surface area contributed by atoms with Crippen molar-refractivity contribution >= 4 is 12.0 Å². The number of ether oxygens (including phenoxy) is 3. The lowest BCUT2D eigenvalue weighted by molar-refractivity contribution is -0.125. The minimum absolute atomic E-state index is 0.0966. The Labute approximate surface area is 148 Å². The van der Waals surface area contributed by atoms with Crippen LogP contribution in [-0.4, -0.2) is 39.2 Å². The number of hydrogen-bond donors (Lipinski definition) is 0. The summed E-state index contributed by atoms with van der Waals surface area (Å²) in [6.45, 7) is 0.439. The number of rotatable bonds is 7. The van der Waals surface area contributed by atoms with Crippen LogP contribution in [0, 0.1) is 0 Å². The van der Waals surface area contributed by atoms with Gasteiger partial charge in [-0.2, -0.15) is 0 Å². The molecule has 1 amide bonds. The van der Waals surface area contributed by atoms with Crippen LogP contribution in [0.4, 0.5) is 0 Å². The maximum absolute atomic E-state index is 12.3. The first-order chi connectivity index (χ1) is 12.1. The summed E-state index contributed by atoms with van der Waals surface area (Å²) in [5, 5.41) is 0. The van der Waals surface area contributed by atoms with E-state index in [0.717, 1.165) is 16.9 Å². The SMILES string of the molecule is COc1cccc(/C=C/C(=O)N(C)Cc2ccc(OC)cc2OC)c1. The van der Waals surface area contributed by atoms with E-state index in [1.54, 1.807) is 51.5 Å². The first kappa shape index (κ1) is 18.4. The lowest BCUT2D eigenvalue weighted by atomic mass is 10.1. The summed E-state index contributed by atoms with van der Waals surface area (Å²) in [4.78, 5) is 14.0. The van der Waals surface area contributed by atoms with Crippen LogP contribution < -0.4 is 14.2 Å². The molecule has 0 radical (unpaired) electrons. The summed E-state index contributed by atoms with van der Waals surface area (Å²) < 4.78 is 15.7. The van der Waals surface area contributed by atoms with E-state index in [1.165, 1.54) is 0 Å². The van der Waals surface area contributed by atoms with E-state index >= 15 is 0 Å². The fourth-order valence-electron chi connectivity index (χ4n) is 2.36. The lowest BCUT2D eigenvalue weighted by Crippen LogP contribution is -2.24. The Balaban J connectivity index is 2.06. The predicted octanol–water partition coefficient (Wildman–Crippen LogP) is 3.38. The third-order valence-electron chi connectivity index (χ3n) is 3.79. The van der Waals surface area contributed by atoms with E-state index in [1.807, 2.05) is 36.4 Å². The second-order valence-electron chi connectivity index (χ2n) is 5.48. The van der Waals surface area contributed by atoms with Crippen molar-refractivity contribution in [1.29, 1.82) is 0 Å². The number of hydrogen-bond acceptors (Lipinski definition) is 4. The van der Waals surface area contributed by atoms with Gasteiger partial charge in [-0.25, -0.2) is 0 Å². The molecule has 0 unspecified atom stereocenters. The molecule has 0 aliphatic rings. The molecule has 5 heteroatoms.